The largest absolute Gasteiger partial charge is 0.496 e. The fraction of sp³-hybridized carbons (Fsp3) is 0.556. The van der Waals surface area contributed by atoms with Gasteiger partial charge < -0.3 is 59.1 Å². The van der Waals surface area contributed by atoms with E-state index in [0.717, 1.165) is 22.3 Å². The molecule has 1 amide bonds. The van der Waals surface area contributed by atoms with Gasteiger partial charge in [0.1, 0.15) is 22.5 Å². The molecule has 15 nitrogen and oxygen atoms in total. The van der Waals surface area contributed by atoms with Crippen LogP contribution in [0, 0.1) is 0 Å². The summed E-state index contributed by atoms with van der Waals surface area (Å²) in [5.41, 5.74) is 9.13. The summed E-state index contributed by atoms with van der Waals surface area (Å²) in [6.07, 6.45) is 2.14. The van der Waals surface area contributed by atoms with E-state index in [9.17, 15) is 14.7 Å². The van der Waals surface area contributed by atoms with Gasteiger partial charge in [-0.3, -0.25) is 4.79 Å². The van der Waals surface area contributed by atoms with Gasteiger partial charge in [0.2, 0.25) is 6.41 Å². The first-order chi connectivity index (χ1) is 24.7. The van der Waals surface area contributed by atoms with Crippen molar-refractivity contribution in [1.82, 2.24) is 10.3 Å². The molecular formula is C36H56N4O11S. The summed E-state index contributed by atoms with van der Waals surface area (Å²) in [6, 6.07) is 10.1. The van der Waals surface area contributed by atoms with Crippen LogP contribution in [0.15, 0.2) is 48.3 Å². The Bertz CT molecular complexity index is 1370. The summed E-state index contributed by atoms with van der Waals surface area (Å²) in [6.45, 7) is 9.11. The number of carboxylic acid groups (broad SMARTS) is 1. The first kappa shape index (κ1) is 44.6. The quantitative estimate of drug-likeness (QED) is 0.0213. The van der Waals surface area contributed by atoms with Crippen molar-refractivity contribution in [3.8, 4) is 22.6 Å². The number of aliphatic carboxylic acids is 1. The lowest BCUT2D eigenvalue weighted by Crippen LogP contribution is -2.39. The topological polar surface area (TPSA) is 196 Å². The molecule has 0 fully saturated rings. The Hall–Kier alpha value is -3.61. The minimum atomic E-state index is -1.11. The highest BCUT2D eigenvalue weighted by atomic mass is 32.1. The molecule has 0 radical (unpaired) electrons. The number of nitrogens with one attached hydrogen (secondary N) is 1. The maximum Gasteiger partial charge on any atom is 0.326 e. The van der Waals surface area contributed by atoms with Crippen LogP contribution >= 0.6 is 12.6 Å². The second-order valence-electron chi connectivity index (χ2n) is 12.6. The Morgan fingerprint density at radius 2 is 1.54 bits per heavy atom. The van der Waals surface area contributed by atoms with Crippen LogP contribution in [0.5, 0.6) is 11.5 Å². The van der Waals surface area contributed by atoms with Crippen molar-refractivity contribution in [2.24, 2.45) is 11.6 Å². The molecule has 292 valence electrons. The molecule has 0 spiro atoms. The van der Waals surface area contributed by atoms with Crippen LogP contribution in [0.25, 0.3) is 11.1 Å². The molecule has 0 aliphatic rings. The molecule has 2 aromatic rings. The van der Waals surface area contributed by atoms with Crippen molar-refractivity contribution in [2.75, 3.05) is 80.7 Å². The van der Waals surface area contributed by atoms with Gasteiger partial charge in [0.05, 0.1) is 97.1 Å². The Labute approximate surface area is 312 Å². The molecule has 0 bridgehead atoms. The molecule has 0 saturated carbocycles. The van der Waals surface area contributed by atoms with Crippen LogP contribution in [0.4, 0.5) is 0 Å². The molecule has 2 atom stereocenters. The van der Waals surface area contributed by atoms with Gasteiger partial charge >= 0.3 is 5.97 Å². The molecule has 52 heavy (non-hydrogen) atoms. The molecule has 2 rings (SSSR count). The lowest BCUT2D eigenvalue weighted by atomic mass is 9.98. The molecular weight excluding hydrogens is 696 g/mol. The van der Waals surface area contributed by atoms with Crippen LogP contribution in [0.1, 0.15) is 31.9 Å². The van der Waals surface area contributed by atoms with E-state index in [4.69, 9.17) is 49.5 Å². The highest BCUT2D eigenvalue weighted by molar-refractivity contribution is 7.81. The summed E-state index contributed by atoms with van der Waals surface area (Å²) in [5, 5.41) is 13.1. The number of hydrogen-bond donors (Lipinski definition) is 5. The van der Waals surface area contributed by atoms with Crippen LogP contribution in [-0.2, 0) is 51.0 Å². The molecule has 16 heteroatoms. The highest BCUT2D eigenvalue weighted by Crippen LogP contribution is 2.40. The second kappa shape index (κ2) is 23.1. The van der Waals surface area contributed by atoms with Crippen LogP contribution in [0.3, 0.4) is 0 Å². The van der Waals surface area contributed by atoms with Crippen molar-refractivity contribution in [1.29, 1.82) is 0 Å². The number of hydrogen-bond acceptors (Lipinski definition) is 14. The van der Waals surface area contributed by atoms with E-state index in [1.165, 1.54) is 5.01 Å². The van der Waals surface area contributed by atoms with E-state index in [0.29, 0.717) is 83.0 Å². The third-order valence-corrected chi connectivity index (χ3v) is 7.67. The van der Waals surface area contributed by atoms with Gasteiger partial charge in [-0.15, -0.1) is 12.6 Å². The van der Waals surface area contributed by atoms with Crippen molar-refractivity contribution in [2.45, 2.75) is 50.4 Å². The predicted octanol–water partition coefficient (Wildman–Crippen LogP) is 2.74. The fourth-order valence-electron chi connectivity index (χ4n) is 4.82. The number of carbonyl (C=O) groups excluding carboxylic acids is 1. The number of carbonyl (C=O) groups is 2. The third-order valence-electron chi connectivity index (χ3n) is 7.41. The summed E-state index contributed by atoms with van der Waals surface area (Å²) >= 11 is 4.45. The molecule has 0 heterocycles. The Balaban J connectivity index is 1.70. The maximum atomic E-state index is 11.4. The van der Waals surface area contributed by atoms with Crippen molar-refractivity contribution in [3.05, 3.63) is 59.4 Å². The number of methoxy groups -OCH3 is 3. The number of rotatable bonds is 28. The van der Waals surface area contributed by atoms with Gasteiger partial charge in [-0.25, -0.2) is 10.6 Å². The van der Waals surface area contributed by atoms with E-state index < -0.39 is 22.5 Å². The number of ether oxygens (including phenoxy) is 8. The minimum absolute atomic E-state index is 0.150. The number of benzene rings is 2. The molecule has 2 unspecified atom stereocenters. The number of carboxylic acids is 1. The van der Waals surface area contributed by atoms with Crippen LogP contribution < -0.4 is 26.4 Å². The summed E-state index contributed by atoms with van der Waals surface area (Å²) < 4.78 is 45.2. The molecule has 0 aliphatic heterocycles. The van der Waals surface area contributed by atoms with E-state index in [-0.39, 0.29) is 13.0 Å². The fourth-order valence-corrected chi connectivity index (χ4v) is 5.01. The zero-order chi connectivity index (χ0) is 38.6. The average molecular weight is 753 g/mol. The average Bonchev–Trinajstić information content (AvgIpc) is 3.09. The summed E-state index contributed by atoms with van der Waals surface area (Å²) in [4.78, 5) is 21.4. The van der Waals surface area contributed by atoms with Gasteiger partial charge in [-0.2, -0.15) is 0 Å². The van der Waals surface area contributed by atoms with Crippen LogP contribution in [-0.4, -0.2) is 120 Å². The van der Waals surface area contributed by atoms with Crippen molar-refractivity contribution >= 4 is 25.0 Å². The monoisotopic (exact) mass is 752 g/mol. The smallest absolute Gasteiger partial charge is 0.326 e. The van der Waals surface area contributed by atoms with Crippen LogP contribution in [0.2, 0.25) is 0 Å². The van der Waals surface area contributed by atoms with Gasteiger partial charge in [0, 0.05) is 19.7 Å². The van der Waals surface area contributed by atoms with Crippen molar-refractivity contribution in [3.63, 3.8) is 0 Å². The molecule has 0 saturated heterocycles. The van der Waals surface area contributed by atoms with E-state index in [1.54, 1.807) is 39.7 Å². The number of nitrogens with zero attached hydrogens (tertiary/aromatic N) is 1. The Kier molecular flexibility index (Phi) is 19.8. The summed E-state index contributed by atoms with van der Waals surface area (Å²) in [7, 11) is 4.74. The Morgan fingerprint density at radius 1 is 0.923 bits per heavy atom. The Morgan fingerprint density at radius 3 is 2.12 bits per heavy atom. The zero-order valence-electron chi connectivity index (χ0n) is 31.1. The number of hydrazine groups is 1. The van der Waals surface area contributed by atoms with Gasteiger partial charge in [-0.1, -0.05) is 24.3 Å². The third kappa shape index (κ3) is 16.8. The molecule has 0 aliphatic carbocycles. The second-order valence-corrected chi connectivity index (χ2v) is 13.6. The number of thiol groups is 1. The van der Waals surface area contributed by atoms with Gasteiger partial charge in [0.25, 0.3) is 0 Å². The standard InChI is InChI=1S/C36H56N4O11S/c1-35(2,23-51-36(3,52)24-44-4)50-12-11-40(38)20-29(37)22-49-16-14-47-13-15-48-21-27-18-31(45-5)33(32(19-27)46-6)28-9-7-26(8-10-28)17-30(34(42)43)39-25-41/h7-10,18-20,25,30,52H,11-17,21-24,37-38H2,1-6H3,(H,39,41)(H,42,43)/b29-20-. The van der Waals surface area contributed by atoms with Gasteiger partial charge in [-0.05, 0) is 49.6 Å². The van der Waals surface area contributed by atoms with Gasteiger partial charge in [0.15, 0.2) is 0 Å². The number of nitrogens with two attached hydrogens (primary N) is 2. The molecule has 6 N–H and O–H groups in total. The molecule has 2 aromatic carbocycles. The van der Waals surface area contributed by atoms with E-state index in [2.05, 4.69) is 17.9 Å². The number of amides is 1. The van der Waals surface area contributed by atoms with E-state index in [1.807, 2.05) is 45.0 Å². The maximum absolute atomic E-state index is 11.4. The highest BCUT2D eigenvalue weighted by Gasteiger charge is 2.26. The minimum Gasteiger partial charge on any atom is -0.496 e. The first-order valence-corrected chi connectivity index (χ1v) is 17.2. The lowest BCUT2D eigenvalue weighted by Gasteiger charge is -2.31. The zero-order valence-corrected chi connectivity index (χ0v) is 31.9. The molecule has 0 aromatic heterocycles. The lowest BCUT2D eigenvalue weighted by molar-refractivity contribution is -0.140. The first-order valence-electron chi connectivity index (χ1n) is 16.7. The predicted molar refractivity (Wildman–Crippen MR) is 199 cm³/mol. The van der Waals surface area contributed by atoms with Crippen molar-refractivity contribution < 1.29 is 52.6 Å². The van der Waals surface area contributed by atoms with E-state index >= 15 is 0 Å². The summed E-state index contributed by atoms with van der Waals surface area (Å²) in [5.74, 6) is 6.11. The SMILES string of the molecule is COCC(C)(S)OCC(C)(C)OCCN(N)/C=C(\N)COCCOCCOCc1cc(OC)c(-c2ccc(CC(NC=O)C(=O)O)cc2)c(OC)c1. The normalized spacial score (nSPS) is 13.7.